The molecule has 1 atom stereocenters. The first kappa shape index (κ1) is 14.1. The van der Waals surface area contributed by atoms with Gasteiger partial charge in [0.05, 0.1) is 17.7 Å². The molecule has 1 aromatic heterocycles. The lowest BCUT2D eigenvalue weighted by molar-refractivity contribution is 0.366. The van der Waals surface area contributed by atoms with Crippen molar-refractivity contribution in [2.75, 3.05) is 0 Å². The molecule has 0 aliphatic rings. The van der Waals surface area contributed by atoms with E-state index < -0.39 is 0 Å². The molecule has 1 heterocycles. The Hall–Kier alpha value is -1.32. The van der Waals surface area contributed by atoms with Crippen molar-refractivity contribution < 1.29 is 4.52 Å². The van der Waals surface area contributed by atoms with Crippen molar-refractivity contribution in [2.24, 2.45) is 5.92 Å². The van der Waals surface area contributed by atoms with E-state index in [4.69, 9.17) is 9.78 Å². The monoisotopic (exact) mass is 337 g/mol. The van der Waals surface area contributed by atoms with Crippen molar-refractivity contribution in [2.45, 2.75) is 24.0 Å². The SMILES string of the molecule is CC(C#N)Cc1nc(CSc2ccc(Br)cc2)no1. The summed E-state index contributed by atoms with van der Waals surface area (Å²) in [4.78, 5) is 5.42. The van der Waals surface area contributed by atoms with Gasteiger partial charge in [-0.3, -0.25) is 0 Å². The van der Waals surface area contributed by atoms with Gasteiger partial charge in [0.2, 0.25) is 5.89 Å². The largest absolute Gasteiger partial charge is 0.339 e. The zero-order valence-electron chi connectivity index (χ0n) is 10.3. The van der Waals surface area contributed by atoms with Crippen molar-refractivity contribution >= 4 is 27.7 Å². The number of benzene rings is 1. The van der Waals surface area contributed by atoms with Gasteiger partial charge in [-0.1, -0.05) is 21.1 Å². The van der Waals surface area contributed by atoms with Crippen LogP contribution in [0.1, 0.15) is 18.6 Å². The second-order valence-electron chi connectivity index (χ2n) is 4.08. The van der Waals surface area contributed by atoms with Gasteiger partial charge in [0.1, 0.15) is 0 Å². The molecule has 0 aliphatic carbocycles. The Bertz CT molecular complexity index is 576. The maximum Gasteiger partial charge on any atom is 0.227 e. The van der Waals surface area contributed by atoms with E-state index in [0.29, 0.717) is 23.9 Å². The first-order chi connectivity index (χ1) is 9.17. The quantitative estimate of drug-likeness (QED) is 0.776. The van der Waals surface area contributed by atoms with Crippen LogP contribution in [0, 0.1) is 17.2 Å². The van der Waals surface area contributed by atoms with E-state index in [1.165, 1.54) is 0 Å². The minimum absolute atomic E-state index is 0.104. The molecular formula is C13H12BrN3OS. The van der Waals surface area contributed by atoms with Crippen LogP contribution in [0.3, 0.4) is 0 Å². The fourth-order valence-corrected chi connectivity index (χ4v) is 2.42. The van der Waals surface area contributed by atoms with E-state index in [2.05, 4.69) is 32.1 Å². The van der Waals surface area contributed by atoms with E-state index in [9.17, 15) is 0 Å². The Balaban J connectivity index is 1.90. The highest BCUT2D eigenvalue weighted by Crippen LogP contribution is 2.23. The van der Waals surface area contributed by atoms with Crippen LogP contribution < -0.4 is 0 Å². The third kappa shape index (κ3) is 4.37. The summed E-state index contributed by atoms with van der Waals surface area (Å²) in [6.07, 6.45) is 0.506. The number of nitrogens with zero attached hydrogens (tertiary/aromatic N) is 3. The summed E-state index contributed by atoms with van der Waals surface area (Å²) in [5, 5.41) is 12.6. The minimum Gasteiger partial charge on any atom is -0.339 e. The Morgan fingerprint density at radius 3 is 2.84 bits per heavy atom. The molecule has 0 amide bonds. The second-order valence-corrected chi connectivity index (χ2v) is 6.05. The summed E-state index contributed by atoms with van der Waals surface area (Å²) in [5.41, 5.74) is 0. The molecule has 6 heteroatoms. The number of thioether (sulfide) groups is 1. The second kappa shape index (κ2) is 6.73. The number of aromatic nitrogens is 2. The summed E-state index contributed by atoms with van der Waals surface area (Å²) in [6.45, 7) is 1.83. The first-order valence-corrected chi connectivity index (χ1v) is 7.54. The average molecular weight is 338 g/mol. The molecule has 2 rings (SSSR count). The summed E-state index contributed by atoms with van der Waals surface area (Å²) < 4.78 is 6.17. The molecule has 0 aliphatic heterocycles. The van der Waals surface area contributed by atoms with E-state index in [0.717, 1.165) is 9.37 Å². The van der Waals surface area contributed by atoms with Crippen LogP contribution in [0.25, 0.3) is 0 Å². The fourth-order valence-electron chi connectivity index (χ4n) is 1.42. The Morgan fingerprint density at radius 1 is 1.42 bits per heavy atom. The maximum atomic E-state index is 8.73. The zero-order valence-corrected chi connectivity index (χ0v) is 12.7. The molecule has 0 saturated heterocycles. The van der Waals surface area contributed by atoms with Gasteiger partial charge in [-0.2, -0.15) is 10.2 Å². The summed E-state index contributed by atoms with van der Waals surface area (Å²) in [6, 6.07) is 10.2. The van der Waals surface area contributed by atoms with Gasteiger partial charge in [0.15, 0.2) is 5.82 Å². The lowest BCUT2D eigenvalue weighted by Gasteiger charge is -1.98. The molecule has 4 nitrogen and oxygen atoms in total. The zero-order chi connectivity index (χ0) is 13.7. The number of nitriles is 1. The molecule has 0 N–H and O–H groups in total. The predicted octanol–water partition coefficient (Wildman–Crippen LogP) is 3.83. The van der Waals surface area contributed by atoms with Crippen molar-refractivity contribution in [3.63, 3.8) is 0 Å². The minimum atomic E-state index is -0.104. The van der Waals surface area contributed by atoms with E-state index in [1.54, 1.807) is 11.8 Å². The molecular weight excluding hydrogens is 326 g/mol. The molecule has 0 bridgehead atoms. The van der Waals surface area contributed by atoms with Crippen LogP contribution in [-0.2, 0) is 12.2 Å². The van der Waals surface area contributed by atoms with Crippen molar-refractivity contribution in [3.8, 4) is 6.07 Å². The van der Waals surface area contributed by atoms with Gasteiger partial charge in [0, 0.05) is 15.8 Å². The molecule has 2 aromatic rings. The van der Waals surface area contributed by atoms with E-state index in [1.807, 2.05) is 31.2 Å². The molecule has 98 valence electrons. The summed E-state index contributed by atoms with van der Waals surface area (Å²) >= 11 is 5.05. The topological polar surface area (TPSA) is 62.7 Å². The fraction of sp³-hybridized carbons (Fsp3) is 0.308. The van der Waals surface area contributed by atoms with Crippen molar-refractivity contribution in [1.29, 1.82) is 5.26 Å². The van der Waals surface area contributed by atoms with Crippen LogP contribution in [0.15, 0.2) is 38.2 Å². The third-order valence-electron chi connectivity index (χ3n) is 2.39. The van der Waals surface area contributed by atoms with Crippen LogP contribution in [-0.4, -0.2) is 10.1 Å². The molecule has 0 fully saturated rings. The highest BCUT2D eigenvalue weighted by Gasteiger charge is 2.10. The molecule has 0 spiro atoms. The molecule has 1 aromatic carbocycles. The standard InChI is InChI=1S/C13H12BrN3OS/c1-9(7-15)6-13-16-12(17-18-13)8-19-11-4-2-10(14)3-5-11/h2-5,9H,6,8H2,1H3. The average Bonchev–Trinajstić information content (AvgIpc) is 2.85. The van der Waals surface area contributed by atoms with Gasteiger partial charge >= 0.3 is 0 Å². The van der Waals surface area contributed by atoms with E-state index >= 15 is 0 Å². The molecule has 0 saturated carbocycles. The third-order valence-corrected chi connectivity index (χ3v) is 3.93. The van der Waals surface area contributed by atoms with Crippen LogP contribution in [0.4, 0.5) is 0 Å². The molecule has 19 heavy (non-hydrogen) atoms. The highest BCUT2D eigenvalue weighted by molar-refractivity contribution is 9.10. The van der Waals surface area contributed by atoms with Gasteiger partial charge < -0.3 is 4.52 Å². The summed E-state index contributed by atoms with van der Waals surface area (Å²) in [5.74, 6) is 1.74. The smallest absolute Gasteiger partial charge is 0.227 e. The number of hydrogen-bond acceptors (Lipinski definition) is 5. The number of hydrogen-bond donors (Lipinski definition) is 0. The van der Waals surface area contributed by atoms with Gasteiger partial charge in [-0.25, -0.2) is 0 Å². The maximum absolute atomic E-state index is 8.73. The van der Waals surface area contributed by atoms with Crippen molar-refractivity contribution in [1.82, 2.24) is 10.1 Å². The van der Waals surface area contributed by atoms with Crippen LogP contribution >= 0.6 is 27.7 Å². The Morgan fingerprint density at radius 2 is 2.16 bits per heavy atom. The molecule has 1 unspecified atom stereocenters. The van der Waals surface area contributed by atoms with E-state index in [-0.39, 0.29) is 5.92 Å². The first-order valence-electron chi connectivity index (χ1n) is 5.77. The Kier molecular flexibility index (Phi) is 5.00. The normalized spacial score (nSPS) is 12.1. The van der Waals surface area contributed by atoms with Gasteiger partial charge in [-0.05, 0) is 31.2 Å². The molecule has 0 radical (unpaired) electrons. The van der Waals surface area contributed by atoms with Gasteiger partial charge in [0.25, 0.3) is 0 Å². The summed E-state index contributed by atoms with van der Waals surface area (Å²) in [7, 11) is 0. The lowest BCUT2D eigenvalue weighted by Crippen LogP contribution is -1.96. The Labute approximate surface area is 124 Å². The number of rotatable bonds is 5. The van der Waals surface area contributed by atoms with Crippen molar-refractivity contribution in [3.05, 3.63) is 40.5 Å². The number of halogens is 1. The lowest BCUT2D eigenvalue weighted by atomic mass is 10.1. The van der Waals surface area contributed by atoms with Gasteiger partial charge in [-0.15, -0.1) is 11.8 Å². The highest BCUT2D eigenvalue weighted by atomic mass is 79.9. The predicted molar refractivity (Wildman–Crippen MR) is 76.5 cm³/mol. The van der Waals surface area contributed by atoms with Crippen LogP contribution in [0.2, 0.25) is 0 Å². The van der Waals surface area contributed by atoms with Crippen LogP contribution in [0.5, 0.6) is 0 Å².